The van der Waals surface area contributed by atoms with Gasteiger partial charge in [-0.15, -0.1) is 0 Å². The fourth-order valence-electron chi connectivity index (χ4n) is 0.725. The first-order valence-electron chi connectivity index (χ1n) is 5.31. The minimum Gasteiger partial charge on any atom is -0.519 e. The van der Waals surface area contributed by atoms with Crippen LogP contribution in [0.5, 0.6) is 0 Å². The standard InChI is InChI=1S/C12H24O3Si/c1-10(13-5)9-11(14-6)15-16(7,8)12(2,3)4/h9H,1H2,2-8H3/b11-9+. The molecule has 0 aliphatic carbocycles. The Morgan fingerprint density at radius 1 is 1.12 bits per heavy atom. The van der Waals surface area contributed by atoms with Crippen LogP contribution >= 0.6 is 0 Å². The smallest absolute Gasteiger partial charge is 0.268 e. The van der Waals surface area contributed by atoms with E-state index in [-0.39, 0.29) is 5.04 Å². The van der Waals surface area contributed by atoms with Crippen molar-refractivity contribution in [2.45, 2.75) is 38.9 Å². The molecule has 0 atom stereocenters. The summed E-state index contributed by atoms with van der Waals surface area (Å²) in [4.78, 5) is 0. The van der Waals surface area contributed by atoms with E-state index < -0.39 is 8.32 Å². The zero-order chi connectivity index (χ0) is 13.0. The van der Waals surface area contributed by atoms with Gasteiger partial charge in [0.1, 0.15) is 5.76 Å². The van der Waals surface area contributed by atoms with Crippen molar-refractivity contribution in [3.05, 3.63) is 24.4 Å². The van der Waals surface area contributed by atoms with Crippen molar-refractivity contribution in [2.24, 2.45) is 0 Å². The molecule has 0 N–H and O–H groups in total. The van der Waals surface area contributed by atoms with Crippen LogP contribution in [0, 0.1) is 0 Å². The molecule has 0 unspecified atom stereocenters. The second-order valence-corrected chi connectivity index (χ2v) is 9.93. The summed E-state index contributed by atoms with van der Waals surface area (Å²) in [6.45, 7) is 14.6. The monoisotopic (exact) mass is 244 g/mol. The molecule has 3 nitrogen and oxygen atoms in total. The molecule has 16 heavy (non-hydrogen) atoms. The summed E-state index contributed by atoms with van der Waals surface area (Å²) in [5, 5.41) is 0.138. The van der Waals surface area contributed by atoms with Gasteiger partial charge in [0.05, 0.1) is 20.3 Å². The van der Waals surface area contributed by atoms with Crippen LogP contribution in [0.15, 0.2) is 24.4 Å². The first-order chi connectivity index (χ1) is 7.14. The topological polar surface area (TPSA) is 27.7 Å². The first kappa shape index (κ1) is 15.1. The molecule has 0 saturated heterocycles. The maximum Gasteiger partial charge on any atom is 0.268 e. The van der Waals surface area contributed by atoms with Gasteiger partial charge in [0, 0.05) is 0 Å². The average Bonchev–Trinajstić information content (AvgIpc) is 2.14. The maximum absolute atomic E-state index is 5.96. The Hall–Kier alpha value is -0.903. The van der Waals surface area contributed by atoms with E-state index in [1.807, 2.05) is 0 Å². The van der Waals surface area contributed by atoms with Crippen molar-refractivity contribution in [2.75, 3.05) is 14.2 Å². The van der Waals surface area contributed by atoms with E-state index in [2.05, 4.69) is 40.4 Å². The van der Waals surface area contributed by atoms with E-state index in [0.29, 0.717) is 11.7 Å². The van der Waals surface area contributed by atoms with Gasteiger partial charge in [0.2, 0.25) is 0 Å². The summed E-state index contributed by atoms with van der Waals surface area (Å²) in [6.07, 6.45) is 1.67. The molecule has 0 bridgehead atoms. The van der Waals surface area contributed by atoms with E-state index in [1.165, 1.54) is 0 Å². The zero-order valence-corrected chi connectivity index (χ0v) is 12.5. The number of hydrogen-bond acceptors (Lipinski definition) is 3. The van der Waals surface area contributed by atoms with Gasteiger partial charge in [-0.3, -0.25) is 0 Å². The molecule has 0 amide bonds. The first-order valence-corrected chi connectivity index (χ1v) is 8.22. The lowest BCUT2D eigenvalue weighted by molar-refractivity contribution is 0.138. The van der Waals surface area contributed by atoms with Crippen molar-refractivity contribution in [3.8, 4) is 0 Å². The zero-order valence-electron chi connectivity index (χ0n) is 11.5. The highest BCUT2D eigenvalue weighted by molar-refractivity contribution is 6.74. The van der Waals surface area contributed by atoms with Crippen LogP contribution in [0.3, 0.4) is 0 Å². The lowest BCUT2D eigenvalue weighted by Crippen LogP contribution is -2.40. The third-order valence-electron chi connectivity index (χ3n) is 2.90. The molecule has 0 spiro atoms. The second-order valence-electron chi connectivity index (χ2n) is 5.20. The SMILES string of the molecule is C=C(/C=C(\OC)O[Si](C)(C)C(C)(C)C)OC. The summed E-state index contributed by atoms with van der Waals surface area (Å²) >= 11 is 0. The van der Waals surface area contributed by atoms with Crippen molar-refractivity contribution < 1.29 is 13.9 Å². The Labute approximate surface area is 100 Å². The van der Waals surface area contributed by atoms with Gasteiger partial charge in [-0.1, -0.05) is 27.4 Å². The average molecular weight is 244 g/mol. The fraction of sp³-hybridized carbons (Fsp3) is 0.667. The second kappa shape index (κ2) is 5.43. The normalized spacial score (nSPS) is 13.3. The van der Waals surface area contributed by atoms with E-state index in [1.54, 1.807) is 20.3 Å². The van der Waals surface area contributed by atoms with Gasteiger partial charge in [-0.25, -0.2) is 0 Å². The number of rotatable bonds is 5. The van der Waals surface area contributed by atoms with Gasteiger partial charge in [-0.05, 0) is 18.1 Å². The van der Waals surface area contributed by atoms with Crippen LogP contribution in [-0.4, -0.2) is 22.5 Å². The Kier molecular flexibility index (Phi) is 5.13. The van der Waals surface area contributed by atoms with E-state index in [4.69, 9.17) is 13.9 Å². The Balaban J connectivity index is 4.80. The number of methoxy groups -OCH3 is 2. The highest BCUT2D eigenvalue weighted by Gasteiger charge is 2.39. The largest absolute Gasteiger partial charge is 0.519 e. The molecular formula is C12H24O3Si. The molecule has 0 aliphatic rings. The predicted octanol–water partition coefficient (Wildman–Crippen LogP) is 3.66. The molecule has 0 rings (SSSR count). The third kappa shape index (κ3) is 4.31. The lowest BCUT2D eigenvalue weighted by Gasteiger charge is -2.36. The Bertz CT molecular complexity index is 274. The number of allylic oxidation sites excluding steroid dienone is 1. The minimum absolute atomic E-state index is 0.138. The van der Waals surface area contributed by atoms with Gasteiger partial charge >= 0.3 is 0 Å². The molecule has 0 radical (unpaired) electrons. The third-order valence-corrected chi connectivity index (χ3v) is 7.23. The van der Waals surface area contributed by atoms with Gasteiger partial charge < -0.3 is 13.9 Å². The van der Waals surface area contributed by atoms with Crippen LogP contribution in [-0.2, 0) is 13.9 Å². The van der Waals surface area contributed by atoms with Crippen LogP contribution in [0.4, 0.5) is 0 Å². The highest BCUT2D eigenvalue weighted by Crippen LogP contribution is 2.38. The summed E-state index contributed by atoms with van der Waals surface area (Å²) in [5.41, 5.74) is 0. The van der Waals surface area contributed by atoms with Crippen molar-refractivity contribution in [1.82, 2.24) is 0 Å². The van der Waals surface area contributed by atoms with E-state index >= 15 is 0 Å². The molecule has 4 heteroatoms. The summed E-state index contributed by atoms with van der Waals surface area (Å²) < 4.78 is 16.1. The molecule has 0 aliphatic heterocycles. The van der Waals surface area contributed by atoms with Crippen LogP contribution < -0.4 is 0 Å². The highest BCUT2D eigenvalue weighted by atomic mass is 28.4. The Morgan fingerprint density at radius 2 is 1.62 bits per heavy atom. The molecule has 0 aromatic rings. The molecule has 0 saturated carbocycles. The van der Waals surface area contributed by atoms with E-state index in [9.17, 15) is 0 Å². The van der Waals surface area contributed by atoms with Crippen LogP contribution in [0.2, 0.25) is 18.1 Å². The quantitative estimate of drug-likeness (QED) is 0.420. The van der Waals surface area contributed by atoms with Gasteiger partial charge in [-0.2, -0.15) is 0 Å². The van der Waals surface area contributed by atoms with Gasteiger partial charge in [0.25, 0.3) is 14.3 Å². The minimum atomic E-state index is -1.86. The molecule has 0 fully saturated rings. The van der Waals surface area contributed by atoms with Crippen molar-refractivity contribution >= 4 is 8.32 Å². The maximum atomic E-state index is 5.96. The van der Waals surface area contributed by atoms with E-state index in [0.717, 1.165) is 0 Å². The lowest BCUT2D eigenvalue weighted by atomic mass is 10.2. The molecule has 94 valence electrons. The summed E-state index contributed by atoms with van der Waals surface area (Å²) in [7, 11) is 1.29. The van der Waals surface area contributed by atoms with Crippen molar-refractivity contribution in [1.29, 1.82) is 0 Å². The van der Waals surface area contributed by atoms with Crippen LogP contribution in [0.25, 0.3) is 0 Å². The Morgan fingerprint density at radius 3 is 1.94 bits per heavy atom. The number of ether oxygens (including phenoxy) is 2. The summed E-state index contributed by atoms with van der Waals surface area (Å²) in [5.74, 6) is 0.994. The molecular weight excluding hydrogens is 220 g/mol. The molecule has 0 aromatic heterocycles. The van der Waals surface area contributed by atoms with Crippen molar-refractivity contribution in [3.63, 3.8) is 0 Å². The van der Waals surface area contributed by atoms with Gasteiger partial charge in [0.15, 0.2) is 0 Å². The molecule has 0 heterocycles. The predicted molar refractivity (Wildman–Crippen MR) is 69.5 cm³/mol. The number of hydrogen-bond donors (Lipinski definition) is 0. The molecule has 0 aromatic carbocycles. The van der Waals surface area contributed by atoms with Crippen LogP contribution in [0.1, 0.15) is 20.8 Å². The fourth-order valence-corrected chi connectivity index (χ4v) is 1.68. The summed E-state index contributed by atoms with van der Waals surface area (Å²) in [6, 6.07) is 0.